The molecule has 1 rings (SSSR count). The number of nitrogens with two attached hydrogens (primary N) is 1. The van der Waals surface area contributed by atoms with Crippen molar-refractivity contribution in [3.8, 4) is 0 Å². The lowest BCUT2D eigenvalue weighted by atomic mass is 10.1. The molecule has 1 aliphatic rings. The van der Waals surface area contributed by atoms with E-state index in [1.54, 1.807) is 13.8 Å². The Bertz CT molecular complexity index is 528. The molecule has 3 amide bonds. The molecule has 9 heteroatoms. The molecule has 0 aromatic carbocycles. The highest BCUT2D eigenvalue weighted by atomic mass is 32.2. The second-order valence-electron chi connectivity index (χ2n) is 6.38. The van der Waals surface area contributed by atoms with Crippen LogP contribution in [0.1, 0.15) is 41.5 Å². The van der Waals surface area contributed by atoms with Crippen LogP contribution in [0.4, 0.5) is 4.79 Å². The number of sulfone groups is 1. The SMILES string of the molecule is C=C1NC(=O)C(C(C)C)N1.CC(C)NC(N)=O.CC(C)S(C)(=O)=O. The zero-order chi connectivity index (χ0) is 19.7. The first-order valence-electron chi connectivity index (χ1n) is 7.69. The number of carbonyl (C=O) groups is 2. The van der Waals surface area contributed by atoms with Gasteiger partial charge in [0.05, 0.1) is 11.1 Å². The van der Waals surface area contributed by atoms with Crippen molar-refractivity contribution in [3.63, 3.8) is 0 Å². The third-order valence-corrected chi connectivity index (χ3v) is 4.55. The third-order valence-electron chi connectivity index (χ3n) is 2.84. The van der Waals surface area contributed by atoms with Gasteiger partial charge in [-0.2, -0.15) is 0 Å². The molecule has 0 aromatic rings. The first-order chi connectivity index (χ1) is 10.7. The number of hydrogen-bond acceptors (Lipinski definition) is 5. The van der Waals surface area contributed by atoms with E-state index in [4.69, 9.17) is 5.73 Å². The summed E-state index contributed by atoms with van der Waals surface area (Å²) in [6.07, 6.45) is 1.23. The van der Waals surface area contributed by atoms with Crippen LogP contribution in [0.5, 0.6) is 0 Å². The van der Waals surface area contributed by atoms with Gasteiger partial charge >= 0.3 is 6.03 Å². The van der Waals surface area contributed by atoms with E-state index < -0.39 is 15.9 Å². The fourth-order valence-corrected chi connectivity index (χ4v) is 1.27. The average molecular weight is 365 g/mol. The maximum atomic E-state index is 11.0. The normalized spacial score (nSPS) is 16.7. The lowest BCUT2D eigenvalue weighted by molar-refractivity contribution is -0.121. The van der Waals surface area contributed by atoms with Crippen LogP contribution in [0.25, 0.3) is 0 Å². The van der Waals surface area contributed by atoms with Gasteiger partial charge in [-0.3, -0.25) is 4.79 Å². The van der Waals surface area contributed by atoms with Crippen LogP contribution in [-0.4, -0.2) is 43.9 Å². The number of amides is 3. The Kier molecular flexibility index (Phi) is 11.1. The smallest absolute Gasteiger partial charge is 0.312 e. The summed E-state index contributed by atoms with van der Waals surface area (Å²) < 4.78 is 20.7. The molecule has 5 N–H and O–H groups in total. The summed E-state index contributed by atoms with van der Waals surface area (Å²) in [5.41, 5.74) is 4.74. The van der Waals surface area contributed by atoms with E-state index in [1.165, 1.54) is 6.26 Å². The summed E-state index contributed by atoms with van der Waals surface area (Å²) in [6, 6.07) is -0.403. The highest BCUT2D eigenvalue weighted by Gasteiger charge is 2.28. The monoisotopic (exact) mass is 364 g/mol. The van der Waals surface area contributed by atoms with Gasteiger partial charge in [0, 0.05) is 12.3 Å². The summed E-state index contributed by atoms with van der Waals surface area (Å²) in [4.78, 5) is 20.9. The molecule has 0 spiro atoms. The van der Waals surface area contributed by atoms with E-state index in [-0.39, 0.29) is 23.2 Å². The fourth-order valence-electron chi connectivity index (χ4n) is 1.27. The van der Waals surface area contributed by atoms with E-state index in [1.807, 2.05) is 27.7 Å². The zero-order valence-corrected chi connectivity index (χ0v) is 16.5. The molecular formula is C15H32N4O4S. The summed E-state index contributed by atoms with van der Waals surface area (Å²) in [7, 11) is -2.74. The minimum atomic E-state index is -2.74. The number of primary amides is 1. The minimum absolute atomic E-state index is 0.0278. The summed E-state index contributed by atoms with van der Waals surface area (Å²) in [5, 5.41) is 7.77. The number of rotatable bonds is 3. The Balaban J connectivity index is 0. The van der Waals surface area contributed by atoms with E-state index in [0.29, 0.717) is 11.7 Å². The molecule has 0 saturated carbocycles. The van der Waals surface area contributed by atoms with Gasteiger partial charge in [0.15, 0.2) is 0 Å². The molecule has 1 fully saturated rings. The molecule has 1 heterocycles. The van der Waals surface area contributed by atoms with Crippen LogP contribution in [0, 0.1) is 5.92 Å². The first-order valence-corrected chi connectivity index (χ1v) is 9.65. The Morgan fingerprint density at radius 1 is 1.21 bits per heavy atom. The van der Waals surface area contributed by atoms with Gasteiger partial charge in [-0.25, -0.2) is 13.2 Å². The van der Waals surface area contributed by atoms with Crippen molar-refractivity contribution in [1.29, 1.82) is 0 Å². The van der Waals surface area contributed by atoms with Gasteiger partial charge in [0.1, 0.15) is 15.9 Å². The largest absolute Gasteiger partial charge is 0.360 e. The Morgan fingerprint density at radius 3 is 1.71 bits per heavy atom. The molecule has 1 atom stereocenters. The average Bonchev–Trinajstić information content (AvgIpc) is 2.67. The molecule has 1 saturated heterocycles. The predicted octanol–water partition coefficient (Wildman–Crippen LogP) is 0.704. The zero-order valence-electron chi connectivity index (χ0n) is 15.6. The fraction of sp³-hybridized carbons (Fsp3) is 0.733. The van der Waals surface area contributed by atoms with Crippen molar-refractivity contribution >= 4 is 21.8 Å². The molecule has 1 unspecified atom stereocenters. The third kappa shape index (κ3) is 12.7. The maximum Gasteiger partial charge on any atom is 0.312 e. The maximum absolute atomic E-state index is 11.0. The van der Waals surface area contributed by atoms with E-state index in [9.17, 15) is 18.0 Å². The molecule has 1 aliphatic heterocycles. The number of urea groups is 1. The van der Waals surface area contributed by atoms with E-state index >= 15 is 0 Å². The Hall–Kier alpha value is -1.77. The number of carbonyl (C=O) groups excluding carboxylic acids is 2. The van der Waals surface area contributed by atoms with Crippen molar-refractivity contribution in [2.24, 2.45) is 11.7 Å². The Labute approximate surface area is 145 Å². The molecule has 0 bridgehead atoms. The minimum Gasteiger partial charge on any atom is -0.360 e. The molecule has 0 aliphatic carbocycles. The number of hydrogen-bond donors (Lipinski definition) is 4. The highest BCUT2D eigenvalue weighted by Crippen LogP contribution is 2.07. The highest BCUT2D eigenvalue weighted by molar-refractivity contribution is 7.91. The van der Waals surface area contributed by atoms with Crippen LogP contribution in [0.15, 0.2) is 12.4 Å². The lowest BCUT2D eigenvalue weighted by Gasteiger charge is -2.10. The van der Waals surface area contributed by atoms with Gasteiger partial charge in [-0.05, 0) is 33.6 Å². The molecule has 142 valence electrons. The number of nitrogens with one attached hydrogen (secondary N) is 3. The van der Waals surface area contributed by atoms with Gasteiger partial charge in [0.25, 0.3) is 0 Å². The summed E-state index contributed by atoms with van der Waals surface area (Å²) in [5.74, 6) is 0.961. The molecule has 0 radical (unpaired) electrons. The molecule has 24 heavy (non-hydrogen) atoms. The van der Waals surface area contributed by atoms with Crippen molar-refractivity contribution < 1.29 is 18.0 Å². The van der Waals surface area contributed by atoms with Crippen LogP contribution in [0.3, 0.4) is 0 Å². The quantitative estimate of drug-likeness (QED) is 0.586. The molecule has 8 nitrogen and oxygen atoms in total. The van der Waals surface area contributed by atoms with Crippen LogP contribution in [-0.2, 0) is 14.6 Å². The molecule has 0 aromatic heterocycles. The standard InChI is InChI=1S/C7H12N2O.C4H10N2O.C4H10O2S/c1-4(2)6-7(10)9-5(3)8-6;1-3(2)6-4(5)7;1-4(2)7(3,5)6/h4,6,8H,3H2,1-2H3,(H,9,10);3H,1-2H3,(H3,5,6,7);4H,1-3H3. The second kappa shape index (κ2) is 10.9. The molecular weight excluding hydrogens is 332 g/mol. The van der Waals surface area contributed by atoms with Crippen LogP contribution < -0.4 is 21.7 Å². The van der Waals surface area contributed by atoms with Crippen molar-refractivity contribution in [3.05, 3.63) is 12.4 Å². The van der Waals surface area contributed by atoms with Gasteiger partial charge < -0.3 is 21.7 Å². The van der Waals surface area contributed by atoms with Crippen molar-refractivity contribution in [2.45, 2.75) is 58.9 Å². The Morgan fingerprint density at radius 2 is 1.62 bits per heavy atom. The van der Waals surface area contributed by atoms with Gasteiger partial charge in [0.2, 0.25) is 5.91 Å². The van der Waals surface area contributed by atoms with Crippen LogP contribution >= 0.6 is 0 Å². The van der Waals surface area contributed by atoms with Crippen LogP contribution in [0.2, 0.25) is 0 Å². The second-order valence-corrected chi connectivity index (χ2v) is 8.98. The van der Waals surface area contributed by atoms with E-state index in [0.717, 1.165) is 0 Å². The first kappa shape index (κ1) is 24.5. The van der Waals surface area contributed by atoms with Gasteiger partial charge in [-0.1, -0.05) is 20.4 Å². The van der Waals surface area contributed by atoms with Crippen molar-refractivity contribution in [1.82, 2.24) is 16.0 Å². The van der Waals surface area contributed by atoms with Gasteiger partial charge in [-0.15, -0.1) is 0 Å². The lowest BCUT2D eigenvalue weighted by Crippen LogP contribution is -2.34. The summed E-state index contributed by atoms with van der Waals surface area (Å²) >= 11 is 0. The van der Waals surface area contributed by atoms with Crippen molar-refractivity contribution in [2.75, 3.05) is 6.26 Å². The topological polar surface area (TPSA) is 130 Å². The van der Waals surface area contributed by atoms with E-state index in [2.05, 4.69) is 22.5 Å². The predicted molar refractivity (Wildman–Crippen MR) is 96.9 cm³/mol. The summed E-state index contributed by atoms with van der Waals surface area (Å²) in [6.45, 7) is 14.6.